The molecule has 1 aliphatic rings. The lowest BCUT2D eigenvalue weighted by Gasteiger charge is -2.37. The summed E-state index contributed by atoms with van der Waals surface area (Å²) in [4.78, 5) is 35.1. The number of hydrogen-bond acceptors (Lipinski definition) is 7. The number of nitrogens with zero attached hydrogens (tertiary/aromatic N) is 4. The Bertz CT molecular complexity index is 1410. The van der Waals surface area contributed by atoms with Gasteiger partial charge < -0.3 is 19.3 Å². The van der Waals surface area contributed by atoms with E-state index in [1.807, 2.05) is 42.5 Å². The van der Waals surface area contributed by atoms with Crippen molar-refractivity contribution in [2.45, 2.75) is 0 Å². The van der Waals surface area contributed by atoms with E-state index in [4.69, 9.17) is 14.5 Å². The highest BCUT2D eigenvalue weighted by Crippen LogP contribution is 2.24. The fourth-order valence-corrected chi connectivity index (χ4v) is 4.40. The van der Waals surface area contributed by atoms with Crippen molar-refractivity contribution in [3.63, 3.8) is 0 Å². The molecule has 3 aromatic carbocycles. The summed E-state index contributed by atoms with van der Waals surface area (Å²) < 4.78 is 11.8. The number of ether oxygens (including phenoxy) is 2. The van der Waals surface area contributed by atoms with Gasteiger partial charge in [0.05, 0.1) is 36.4 Å². The summed E-state index contributed by atoms with van der Waals surface area (Å²) in [5, 5.41) is 0.431. The molecule has 178 valence electrons. The smallest absolute Gasteiger partial charge is 0.337 e. The fraction of sp³-hybridized carbons (Fsp3) is 0.222. The molecule has 0 aliphatic carbocycles. The van der Waals surface area contributed by atoms with E-state index in [0.717, 1.165) is 13.1 Å². The Morgan fingerprint density at radius 2 is 1.51 bits per heavy atom. The van der Waals surface area contributed by atoms with Gasteiger partial charge in [-0.3, -0.25) is 4.79 Å². The van der Waals surface area contributed by atoms with Gasteiger partial charge in [-0.15, -0.1) is 0 Å². The van der Waals surface area contributed by atoms with Gasteiger partial charge in [0.15, 0.2) is 0 Å². The summed E-state index contributed by atoms with van der Waals surface area (Å²) in [6.07, 6.45) is 0. The third-order valence-electron chi connectivity index (χ3n) is 6.29. The number of methoxy groups -OCH3 is 2. The average molecular weight is 471 g/mol. The molecule has 0 unspecified atom stereocenters. The molecule has 1 aromatic heterocycles. The SMILES string of the molecule is COC(=O)c1ccc2c(=O)n(-c3ccc(OC)cc3)c(N3CCN(c4ccccc4)CC3)nc2c1. The second kappa shape index (κ2) is 9.50. The van der Waals surface area contributed by atoms with Crippen LogP contribution in [0.5, 0.6) is 5.75 Å². The van der Waals surface area contributed by atoms with E-state index in [2.05, 4.69) is 21.9 Å². The molecule has 5 rings (SSSR count). The number of carbonyl (C=O) groups excluding carboxylic acids is 1. The summed E-state index contributed by atoms with van der Waals surface area (Å²) in [7, 11) is 2.94. The van der Waals surface area contributed by atoms with E-state index in [0.29, 0.717) is 46.9 Å². The van der Waals surface area contributed by atoms with Crippen molar-refractivity contribution in [2.24, 2.45) is 0 Å². The summed E-state index contributed by atoms with van der Waals surface area (Å²) in [6.45, 7) is 2.98. The number of aromatic nitrogens is 2. The number of anilines is 2. The van der Waals surface area contributed by atoms with Gasteiger partial charge in [-0.2, -0.15) is 0 Å². The second-order valence-electron chi connectivity index (χ2n) is 8.28. The van der Waals surface area contributed by atoms with Gasteiger partial charge in [0.2, 0.25) is 5.95 Å². The Labute approximate surface area is 202 Å². The van der Waals surface area contributed by atoms with Crippen LogP contribution in [-0.4, -0.2) is 55.9 Å². The lowest BCUT2D eigenvalue weighted by atomic mass is 10.1. The first-order valence-electron chi connectivity index (χ1n) is 11.4. The van der Waals surface area contributed by atoms with Crippen LogP contribution in [0.3, 0.4) is 0 Å². The lowest BCUT2D eigenvalue weighted by Crippen LogP contribution is -2.48. The monoisotopic (exact) mass is 470 g/mol. The van der Waals surface area contributed by atoms with Crippen LogP contribution in [0.4, 0.5) is 11.6 Å². The fourth-order valence-electron chi connectivity index (χ4n) is 4.40. The third-order valence-corrected chi connectivity index (χ3v) is 6.29. The van der Waals surface area contributed by atoms with Gasteiger partial charge in [0.1, 0.15) is 5.75 Å². The molecule has 35 heavy (non-hydrogen) atoms. The number of benzene rings is 3. The molecule has 8 nitrogen and oxygen atoms in total. The lowest BCUT2D eigenvalue weighted by molar-refractivity contribution is 0.0601. The average Bonchev–Trinajstić information content (AvgIpc) is 2.93. The van der Waals surface area contributed by atoms with E-state index in [1.165, 1.54) is 12.8 Å². The number of rotatable bonds is 5. The molecule has 0 spiro atoms. The van der Waals surface area contributed by atoms with E-state index in [1.54, 1.807) is 29.9 Å². The maximum absolute atomic E-state index is 13.7. The van der Waals surface area contributed by atoms with Crippen LogP contribution in [0, 0.1) is 0 Å². The van der Waals surface area contributed by atoms with Crippen molar-refractivity contribution in [3.05, 3.63) is 88.7 Å². The van der Waals surface area contributed by atoms with Crippen LogP contribution < -0.4 is 20.1 Å². The molecule has 4 aromatic rings. The molecule has 0 N–H and O–H groups in total. The van der Waals surface area contributed by atoms with Crippen molar-refractivity contribution in [3.8, 4) is 11.4 Å². The highest BCUT2D eigenvalue weighted by Gasteiger charge is 2.24. The molecule has 0 bridgehead atoms. The predicted octanol–water partition coefficient (Wildman–Crippen LogP) is 3.51. The third kappa shape index (κ3) is 4.30. The number of para-hydroxylation sites is 1. The second-order valence-corrected chi connectivity index (χ2v) is 8.28. The first kappa shape index (κ1) is 22.5. The summed E-state index contributed by atoms with van der Waals surface area (Å²) in [5.41, 5.74) is 2.49. The molecule has 0 amide bonds. The summed E-state index contributed by atoms with van der Waals surface area (Å²) in [5.74, 6) is 0.782. The van der Waals surface area contributed by atoms with Gasteiger partial charge in [-0.05, 0) is 54.6 Å². The predicted molar refractivity (Wildman–Crippen MR) is 136 cm³/mol. The molecule has 1 fully saturated rings. The number of hydrogen-bond donors (Lipinski definition) is 0. The van der Waals surface area contributed by atoms with Gasteiger partial charge in [-0.1, -0.05) is 18.2 Å². The van der Waals surface area contributed by atoms with E-state index < -0.39 is 5.97 Å². The Hall–Kier alpha value is -4.33. The van der Waals surface area contributed by atoms with Crippen molar-refractivity contribution in [1.29, 1.82) is 0 Å². The van der Waals surface area contributed by atoms with E-state index >= 15 is 0 Å². The summed E-state index contributed by atoms with van der Waals surface area (Å²) in [6, 6.07) is 22.5. The molecule has 1 aliphatic heterocycles. The zero-order valence-electron chi connectivity index (χ0n) is 19.7. The number of carbonyl (C=O) groups is 1. The van der Waals surface area contributed by atoms with Crippen molar-refractivity contribution >= 4 is 28.5 Å². The first-order chi connectivity index (χ1) is 17.1. The molecular formula is C27H26N4O4. The van der Waals surface area contributed by atoms with E-state index in [-0.39, 0.29) is 5.56 Å². The van der Waals surface area contributed by atoms with Crippen LogP contribution in [0.2, 0.25) is 0 Å². The van der Waals surface area contributed by atoms with Gasteiger partial charge in [0, 0.05) is 31.9 Å². The highest BCUT2D eigenvalue weighted by molar-refractivity contribution is 5.94. The largest absolute Gasteiger partial charge is 0.497 e. The van der Waals surface area contributed by atoms with Gasteiger partial charge in [-0.25, -0.2) is 14.3 Å². The van der Waals surface area contributed by atoms with Crippen LogP contribution in [0.1, 0.15) is 10.4 Å². The summed E-state index contributed by atoms with van der Waals surface area (Å²) >= 11 is 0. The molecule has 1 saturated heterocycles. The topological polar surface area (TPSA) is 76.9 Å². The van der Waals surface area contributed by atoms with Crippen molar-refractivity contribution in [1.82, 2.24) is 9.55 Å². The van der Waals surface area contributed by atoms with Crippen LogP contribution in [0.25, 0.3) is 16.6 Å². The molecule has 8 heteroatoms. The Morgan fingerprint density at radius 3 is 2.17 bits per heavy atom. The first-order valence-corrected chi connectivity index (χ1v) is 11.4. The Kier molecular flexibility index (Phi) is 6.10. The van der Waals surface area contributed by atoms with Gasteiger partial charge in [0.25, 0.3) is 5.56 Å². The maximum Gasteiger partial charge on any atom is 0.337 e. The van der Waals surface area contributed by atoms with Crippen molar-refractivity contribution < 1.29 is 14.3 Å². The molecule has 0 saturated carbocycles. The number of esters is 1. The minimum atomic E-state index is -0.467. The maximum atomic E-state index is 13.7. The standard InChI is InChI=1S/C27H26N4O4/c1-34-22-11-9-21(10-12-22)31-25(32)23-13-8-19(26(33)35-2)18-24(23)28-27(31)30-16-14-29(15-17-30)20-6-4-3-5-7-20/h3-13,18H,14-17H2,1-2H3. The minimum Gasteiger partial charge on any atom is -0.497 e. The Morgan fingerprint density at radius 1 is 0.829 bits per heavy atom. The highest BCUT2D eigenvalue weighted by atomic mass is 16.5. The van der Waals surface area contributed by atoms with Crippen LogP contribution in [0.15, 0.2) is 77.6 Å². The van der Waals surface area contributed by atoms with E-state index in [9.17, 15) is 9.59 Å². The number of fused-ring (bicyclic) bond motifs is 1. The molecule has 0 radical (unpaired) electrons. The molecule has 2 heterocycles. The Balaban J connectivity index is 1.59. The minimum absolute atomic E-state index is 0.197. The van der Waals surface area contributed by atoms with Crippen LogP contribution in [-0.2, 0) is 4.74 Å². The van der Waals surface area contributed by atoms with Crippen molar-refractivity contribution in [2.75, 3.05) is 50.2 Å². The number of piperazine rings is 1. The normalized spacial score (nSPS) is 13.7. The zero-order chi connectivity index (χ0) is 24.4. The quantitative estimate of drug-likeness (QED) is 0.413. The van der Waals surface area contributed by atoms with Gasteiger partial charge >= 0.3 is 5.97 Å². The van der Waals surface area contributed by atoms with Crippen LogP contribution >= 0.6 is 0 Å². The molecule has 0 atom stereocenters. The zero-order valence-corrected chi connectivity index (χ0v) is 19.7. The molecular weight excluding hydrogens is 444 g/mol.